The van der Waals surface area contributed by atoms with Crippen LogP contribution in [0.5, 0.6) is 0 Å². The van der Waals surface area contributed by atoms with Gasteiger partial charge in [-0.1, -0.05) is 19.1 Å². The summed E-state index contributed by atoms with van der Waals surface area (Å²) in [5, 5.41) is 0. The fourth-order valence-corrected chi connectivity index (χ4v) is 1.27. The van der Waals surface area contributed by atoms with Crippen LogP contribution in [0.3, 0.4) is 0 Å². The van der Waals surface area contributed by atoms with Crippen LogP contribution < -0.4 is 10.6 Å². The number of anilines is 1. The molecule has 0 heterocycles. The zero-order valence-electron chi connectivity index (χ0n) is 8.62. The number of rotatable bonds is 3. The molecular weight excluding hydrogens is 160 g/mol. The molecule has 0 aromatic heterocycles. The van der Waals surface area contributed by atoms with Crippen molar-refractivity contribution in [3.8, 4) is 0 Å². The van der Waals surface area contributed by atoms with Crippen molar-refractivity contribution in [2.45, 2.75) is 19.4 Å². The van der Waals surface area contributed by atoms with Gasteiger partial charge in [-0.25, -0.2) is 0 Å². The number of nitrogens with zero attached hydrogens (tertiary/aromatic N) is 1. The topological polar surface area (TPSA) is 29.3 Å². The summed E-state index contributed by atoms with van der Waals surface area (Å²) in [4.78, 5) is 2.09. The quantitative estimate of drug-likeness (QED) is 0.768. The molecule has 1 aromatic rings. The molecule has 1 atom stereocenters. The molecule has 72 valence electrons. The standard InChI is InChI=1S/C11H18N2/c1-4-11(12)9-6-5-7-10(8-9)13(2)3/h5-8,11H,4,12H2,1-3H3. The van der Waals surface area contributed by atoms with E-state index in [0.717, 1.165) is 6.42 Å². The highest BCUT2D eigenvalue weighted by Gasteiger charge is 2.03. The van der Waals surface area contributed by atoms with E-state index in [1.807, 2.05) is 14.1 Å². The van der Waals surface area contributed by atoms with Crippen LogP contribution >= 0.6 is 0 Å². The summed E-state index contributed by atoms with van der Waals surface area (Å²) in [6.07, 6.45) is 0.983. The monoisotopic (exact) mass is 178 g/mol. The Morgan fingerprint density at radius 3 is 2.62 bits per heavy atom. The Hall–Kier alpha value is -1.02. The van der Waals surface area contributed by atoms with Gasteiger partial charge in [0, 0.05) is 25.8 Å². The molecule has 0 aliphatic rings. The third kappa shape index (κ3) is 2.46. The van der Waals surface area contributed by atoms with Crippen LogP contribution in [0.15, 0.2) is 24.3 Å². The van der Waals surface area contributed by atoms with Crippen LogP contribution in [0, 0.1) is 0 Å². The van der Waals surface area contributed by atoms with Gasteiger partial charge >= 0.3 is 0 Å². The van der Waals surface area contributed by atoms with Gasteiger partial charge in [-0.3, -0.25) is 0 Å². The van der Waals surface area contributed by atoms with Crippen molar-refractivity contribution in [2.24, 2.45) is 5.73 Å². The molecule has 13 heavy (non-hydrogen) atoms. The van der Waals surface area contributed by atoms with Gasteiger partial charge in [0.1, 0.15) is 0 Å². The Balaban J connectivity index is 2.91. The van der Waals surface area contributed by atoms with E-state index >= 15 is 0 Å². The second-order valence-electron chi connectivity index (χ2n) is 3.50. The lowest BCUT2D eigenvalue weighted by atomic mass is 10.0. The predicted molar refractivity (Wildman–Crippen MR) is 58.0 cm³/mol. The number of hydrogen-bond acceptors (Lipinski definition) is 2. The molecule has 0 amide bonds. The Labute approximate surface area is 80.4 Å². The van der Waals surface area contributed by atoms with Crippen LogP contribution in [-0.2, 0) is 0 Å². The van der Waals surface area contributed by atoms with E-state index in [0.29, 0.717) is 0 Å². The average Bonchev–Trinajstić information content (AvgIpc) is 2.17. The van der Waals surface area contributed by atoms with Gasteiger partial charge in [0.15, 0.2) is 0 Å². The molecule has 2 nitrogen and oxygen atoms in total. The first-order chi connectivity index (χ1) is 6.15. The van der Waals surface area contributed by atoms with Crippen LogP contribution in [0.1, 0.15) is 24.9 Å². The van der Waals surface area contributed by atoms with E-state index in [-0.39, 0.29) is 6.04 Å². The van der Waals surface area contributed by atoms with E-state index in [4.69, 9.17) is 5.73 Å². The van der Waals surface area contributed by atoms with Gasteiger partial charge in [0.2, 0.25) is 0 Å². The Morgan fingerprint density at radius 2 is 2.08 bits per heavy atom. The predicted octanol–water partition coefficient (Wildman–Crippen LogP) is 2.16. The first-order valence-electron chi connectivity index (χ1n) is 4.68. The third-order valence-electron chi connectivity index (χ3n) is 2.25. The lowest BCUT2D eigenvalue weighted by molar-refractivity contribution is 0.698. The highest BCUT2D eigenvalue weighted by Crippen LogP contribution is 2.19. The maximum absolute atomic E-state index is 5.94. The summed E-state index contributed by atoms with van der Waals surface area (Å²) < 4.78 is 0. The zero-order valence-corrected chi connectivity index (χ0v) is 8.62. The largest absolute Gasteiger partial charge is 0.378 e. The van der Waals surface area contributed by atoms with Crippen LogP contribution in [-0.4, -0.2) is 14.1 Å². The minimum Gasteiger partial charge on any atom is -0.378 e. The summed E-state index contributed by atoms with van der Waals surface area (Å²) in [5.74, 6) is 0. The summed E-state index contributed by atoms with van der Waals surface area (Å²) in [7, 11) is 4.08. The third-order valence-corrected chi connectivity index (χ3v) is 2.25. The highest BCUT2D eigenvalue weighted by atomic mass is 15.1. The minimum atomic E-state index is 0.167. The van der Waals surface area contributed by atoms with Crippen molar-refractivity contribution >= 4 is 5.69 Å². The first-order valence-corrected chi connectivity index (χ1v) is 4.68. The van der Waals surface area contributed by atoms with Gasteiger partial charge in [-0.2, -0.15) is 0 Å². The molecule has 0 saturated heterocycles. The van der Waals surface area contributed by atoms with Gasteiger partial charge in [0.25, 0.3) is 0 Å². The van der Waals surface area contributed by atoms with Crippen LogP contribution in [0.2, 0.25) is 0 Å². The lowest BCUT2D eigenvalue weighted by Crippen LogP contribution is -2.12. The SMILES string of the molecule is CCC(N)c1cccc(N(C)C)c1. The maximum atomic E-state index is 5.94. The molecule has 1 unspecified atom stereocenters. The summed E-state index contributed by atoms with van der Waals surface area (Å²) >= 11 is 0. The molecule has 2 N–H and O–H groups in total. The molecular formula is C11H18N2. The van der Waals surface area contributed by atoms with Crippen molar-refractivity contribution in [1.82, 2.24) is 0 Å². The highest BCUT2D eigenvalue weighted by molar-refractivity contribution is 5.47. The van der Waals surface area contributed by atoms with Gasteiger partial charge in [-0.05, 0) is 24.1 Å². The molecule has 0 radical (unpaired) electrons. The normalized spacial score (nSPS) is 12.6. The van der Waals surface area contributed by atoms with Crippen molar-refractivity contribution in [3.05, 3.63) is 29.8 Å². The summed E-state index contributed by atoms with van der Waals surface area (Å²) in [6.45, 7) is 2.10. The molecule has 2 heteroatoms. The van der Waals surface area contributed by atoms with Crippen molar-refractivity contribution < 1.29 is 0 Å². The van der Waals surface area contributed by atoms with E-state index in [1.54, 1.807) is 0 Å². The van der Waals surface area contributed by atoms with Gasteiger partial charge in [-0.15, -0.1) is 0 Å². The van der Waals surface area contributed by atoms with Crippen LogP contribution in [0.4, 0.5) is 5.69 Å². The maximum Gasteiger partial charge on any atom is 0.0364 e. The molecule has 0 bridgehead atoms. The van der Waals surface area contributed by atoms with Crippen molar-refractivity contribution in [1.29, 1.82) is 0 Å². The molecule has 1 aromatic carbocycles. The van der Waals surface area contributed by atoms with Crippen LogP contribution in [0.25, 0.3) is 0 Å². The van der Waals surface area contributed by atoms with E-state index in [2.05, 4.69) is 36.1 Å². The second kappa shape index (κ2) is 4.28. The van der Waals surface area contributed by atoms with Crippen molar-refractivity contribution in [2.75, 3.05) is 19.0 Å². The molecule has 0 spiro atoms. The zero-order chi connectivity index (χ0) is 9.84. The van der Waals surface area contributed by atoms with Gasteiger partial charge < -0.3 is 10.6 Å². The Bertz CT molecular complexity index is 269. The fraction of sp³-hybridized carbons (Fsp3) is 0.455. The smallest absolute Gasteiger partial charge is 0.0364 e. The number of hydrogen-bond donors (Lipinski definition) is 1. The molecule has 0 fully saturated rings. The summed E-state index contributed by atoms with van der Waals surface area (Å²) in [5.41, 5.74) is 8.37. The van der Waals surface area contributed by atoms with E-state index in [9.17, 15) is 0 Å². The fourth-order valence-electron chi connectivity index (χ4n) is 1.27. The Kier molecular flexibility index (Phi) is 3.32. The van der Waals surface area contributed by atoms with Crippen molar-refractivity contribution in [3.63, 3.8) is 0 Å². The molecule has 0 aliphatic carbocycles. The molecule has 0 saturated carbocycles. The van der Waals surface area contributed by atoms with E-state index in [1.165, 1.54) is 11.3 Å². The molecule has 1 rings (SSSR count). The lowest BCUT2D eigenvalue weighted by Gasteiger charge is -2.15. The number of benzene rings is 1. The van der Waals surface area contributed by atoms with Gasteiger partial charge in [0.05, 0.1) is 0 Å². The molecule has 0 aliphatic heterocycles. The Morgan fingerprint density at radius 1 is 1.38 bits per heavy atom. The summed E-state index contributed by atoms with van der Waals surface area (Å²) in [6, 6.07) is 8.54. The average molecular weight is 178 g/mol. The second-order valence-corrected chi connectivity index (χ2v) is 3.50. The van der Waals surface area contributed by atoms with E-state index < -0.39 is 0 Å². The number of nitrogens with two attached hydrogens (primary N) is 1. The first kappa shape index (κ1) is 10.1. The minimum absolute atomic E-state index is 0.167.